The number of unbranched alkanes of at least 4 members (excludes halogenated alkanes) is 3. The molecule has 0 aliphatic heterocycles. The molecule has 1 aromatic carbocycles. The van der Waals surface area contributed by atoms with E-state index in [9.17, 15) is 16.8 Å². The molecule has 25 heavy (non-hydrogen) atoms. The zero-order valence-corrected chi connectivity index (χ0v) is 16.0. The average Bonchev–Trinajstić information content (AvgIpc) is 2.57. The molecule has 0 aromatic heterocycles. The number of allylic oxidation sites excluding steroid dienone is 1. The number of hydrogen-bond donors (Lipinski definition) is 0. The summed E-state index contributed by atoms with van der Waals surface area (Å²) in [6.07, 6.45) is 3.95. The minimum absolute atomic E-state index is 0.00383. The van der Waals surface area contributed by atoms with Crippen molar-refractivity contribution in [3.63, 3.8) is 0 Å². The van der Waals surface area contributed by atoms with Gasteiger partial charge in [-0.05, 0) is 37.1 Å². The zero-order chi connectivity index (χ0) is 18.9. The second kappa shape index (κ2) is 9.60. The van der Waals surface area contributed by atoms with Crippen molar-refractivity contribution in [1.29, 1.82) is 0 Å². The lowest BCUT2D eigenvalue weighted by Gasteiger charge is -2.16. The van der Waals surface area contributed by atoms with Gasteiger partial charge in [0.2, 0.25) is 0 Å². The van der Waals surface area contributed by atoms with Crippen molar-refractivity contribution in [2.45, 2.75) is 49.0 Å². The lowest BCUT2D eigenvalue weighted by molar-refractivity contribution is 0.577. The largest absolute Gasteiger partial charge is 0.227 e. The Morgan fingerprint density at radius 2 is 1.80 bits per heavy atom. The maximum absolute atomic E-state index is 12.8. The van der Waals surface area contributed by atoms with Crippen LogP contribution in [0, 0.1) is 0 Å². The molecule has 0 N–H and O–H groups in total. The van der Waals surface area contributed by atoms with Crippen LogP contribution >= 0.6 is 0 Å². The fraction of sp³-hybridized carbons (Fsp3) is 0.500. The third-order valence-corrected chi connectivity index (χ3v) is 8.61. The predicted molar refractivity (Wildman–Crippen MR) is 98.2 cm³/mol. The van der Waals surface area contributed by atoms with E-state index in [1.807, 2.05) is 6.92 Å². The van der Waals surface area contributed by atoms with E-state index >= 15 is 0 Å². The van der Waals surface area contributed by atoms with E-state index in [-0.39, 0.29) is 16.3 Å². The Labute approximate surface area is 149 Å². The van der Waals surface area contributed by atoms with Crippen molar-refractivity contribution in [3.8, 4) is 0 Å². The summed E-state index contributed by atoms with van der Waals surface area (Å²) in [6, 6.07) is 7.41. The predicted octanol–water partition coefficient (Wildman–Crippen LogP) is 4.00. The van der Waals surface area contributed by atoms with E-state index in [1.54, 1.807) is 6.07 Å². The smallest absolute Gasteiger partial charge is 0.199 e. The van der Waals surface area contributed by atoms with Gasteiger partial charge >= 0.3 is 0 Å². The second-order valence-electron chi connectivity index (χ2n) is 5.65. The normalized spacial score (nSPS) is 13.9. The van der Waals surface area contributed by atoms with Crippen molar-refractivity contribution in [2.24, 2.45) is 5.11 Å². The first-order chi connectivity index (χ1) is 11.8. The molecule has 1 unspecified atom stereocenters. The zero-order valence-electron chi connectivity index (χ0n) is 14.4. The average molecular weight is 386 g/mol. The molecule has 7 nitrogen and oxygen atoms in total. The number of azide groups is 1. The molecule has 0 aliphatic rings. The Morgan fingerprint density at radius 1 is 1.16 bits per heavy atom. The van der Waals surface area contributed by atoms with E-state index in [0.29, 0.717) is 12.8 Å². The topological polar surface area (TPSA) is 117 Å². The van der Waals surface area contributed by atoms with Crippen molar-refractivity contribution < 1.29 is 16.8 Å². The summed E-state index contributed by atoms with van der Waals surface area (Å²) in [7, 11) is -8.13. The minimum Gasteiger partial charge on any atom is -0.227 e. The Bertz CT molecular complexity index is 841. The number of sulfone groups is 2. The summed E-state index contributed by atoms with van der Waals surface area (Å²) < 4.78 is 49.3. The molecule has 1 aromatic rings. The molecule has 0 saturated heterocycles. The van der Waals surface area contributed by atoms with Crippen molar-refractivity contribution in [3.05, 3.63) is 52.5 Å². The van der Waals surface area contributed by atoms with E-state index in [1.165, 1.54) is 31.2 Å². The highest BCUT2D eigenvalue weighted by atomic mass is 32.3. The first-order valence-corrected chi connectivity index (χ1v) is 11.3. The summed E-state index contributed by atoms with van der Waals surface area (Å²) in [5.74, 6) is -0.232. The highest BCUT2D eigenvalue weighted by Crippen LogP contribution is 2.24. The van der Waals surface area contributed by atoms with Crippen LogP contribution in [-0.4, -0.2) is 27.2 Å². The van der Waals surface area contributed by atoms with Gasteiger partial charge in [0, 0.05) is 10.6 Å². The van der Waals surface area contributed by atoms with Crippen LogP contribution in [0.3, 0.4) is 0 Å². The van der Waals surface area contributed by atoms with Crippen LogP contribution in [0.5, 0.6) is 0 Å². The van der Waals surface area contributed by atoms with Gasteiger partial charge in [-0.2, -0.15) is 0 Å². The van der Waals surface area contributed by atoms with Crippen LogP contribution in [-0.2, 0) is 19.7 Å². The van der Waals surface area contributed by atoms with E-state index in [4.69, 9.17) is 5.53 Å². The lowest BCUT2D eigenvalue weighted by atomic mass is 10.2. The Balaban J connectivity index is 3.30. The number of rotatable bonds is 10. The Hall–Kier alpha value is -1.83. The second-order valence-corrected chi connectivity index (χ2v) is 10.3. The molecule has 138 valence electrons. The van der Waals surface area contributed by atoms with E-state index in [0.717, 1.165) is 18.9 Å². The fourth-order valence-corrected chi connectivity index (χ4v) is 6.87. The summed E-state index contributed by atoms with van der Waals surface area (Å²) in [6.45, 7) is 3.38. The molecule has 9 heteroatoms. The van der Waals surface area contributed by atoms with Gasteiger partial charge in [0.25, 0.3) is 0 Å². The quantitative estimate of drug-likeness (QED) is 0.262. The summed E-state index contributed by atoms with van der Waals surface area (Å²) in [5, 5.41) is 3.31. The van der Waals surface area contributed by atoms with E-state index < -0.39 is 24.3 Å². The number of benzene rings is 1. The number of nitrogens with zero attached hydrogens (tertiary/aromatic N) is 3. The summed E-state index contributed by atoms with van der Waals surface area (Å²) in [4.78, 5) is 2.50. The van der Waals surface area contributed by atoms with Gasteiger partial charge in [0.05, 0.1) is 10.6 Å². The SMILES string of the molecule is CCCCCCS(=O)(=O)C(C=C(C)N=[N+]=[N-])S(=O)(=O)c1ccccc1. The third kappa shape index (κ3) is 6.19. The maximum Gasteiger partial charge on any atom is 0.199 e. The van der Waals surface area contributed by atoms with Gasteiger partial charge in [-0.3, -0.25) is 0 Å². The molecule has 0 saturated carbocycles. The molecule has 1 rings (SSSR count). The first kappa shape index (κ1) is 21.2. The molecule has 1 atom stereocenters. The van der Waals surface area contributed by atoms with Crippen LogP contribution in [0.1, 0.15) is 39.5 Å². The Morgan fingerprint density at radius 3 is 2.36 bits per heavy atom. The molecular formula is C16H23N3O4S2. The van der Waals surface area contributed by atoms with Gasteiger partial charge in [-0.15, -0.1) is 0 Å². The minimum atomic E-state index is -4.16. The van der Waals surface area contributed by atoms with E-state index in [2.05, 4.69) is 10.0 Å². The highest BCUT2D eigenvalue weighted by molar-refractivity contribution is 8.09. The molecule has 0 spiro atoms. The molecular weight excluding hydrogens is 362 g/mol. The van der Waals surface area contributed by atoms with Crippen molar-refractivity contribution in [2.75, 3.05) is 5.75 Å². The number of hydrogen-bond acceptors (Lipinski definition) is 5. The standard InChI is InChI=1S/C16H23N3O4S2/c1-3-4-5-9-12-24(20,21)16(13-14(2)18-19-17)25(22,23)15-10-7-6-8-11-15/h6-8,10-11,13,16H,3-5,9,12H2,1-2H3. The molecule has 0 radical (unpaired) electrons. The van der Waals surface area contributed by atoms with Gasteiger partial charge in [-0.1, -0.05) is 49.5 Å². The molecule has 0 heterocycles. The summed E-state index contributed by atoms with van der Waals surface area (Å²) >= 11 is 0. The van der Waals surface area contributed by atoms with Crippen molar-refractivity contribution in [1.82, 2.24) is 0 Å². The maximum atomic E-state index is 12.8. The van der Waals surface area contributed by atoms with Crippen LogP contribution in [0.15, 0.2) is 52.1 Å². The van der Waals surface area contributed by atoms with Gasteiger partial charge in [0.1, 0.15) is 0 Å². The Kier molecular flexibility index (Phi) is 8.15. The van der Waals surface area contributed by atoms with Crippen LogP contribution in [0.25, 0.3) is 10.4 Å². The van der Waals surface area contributed by atoms with Crippen LogP contribution in [0.4, 0.5) is 0 Å². The van der Waals surface area contributed by atoms with Gasteiger partial charge < -0.3 is 0 Å². The van der Waals surface area contributed by atoms with Gasteiger partial charge in [-0.25, -0.2) is 16.8 Å². The fourth-order valence-electron chi connectivity index (χ4n) is 2.28. The monoisotopic (exact) mass is 385 g/mol. The molecule has 0 bridgehead atoms. The first-order valence-electron chi connectivity index (χ1n) is 7.99. The van der Waals surface area contributed by atoms with Crippen LogP contribution in [0.2, 0.25) is 0 Å². The summed E-state index contributed by atoms with van der Waals surface area (Å²) in [5.41, 5.74) is 8.50. The van der Waals surface area contributed by atoms with Crippen LogP contribution < -0.4 is 0 Å². The molecule has 0 fully saturated rings. The third-order valence-electron chi connectivity index (χ3n) is 3.59. The van der Waals surface area contributed by atoms with Gasteiger partial charge in [0.15, 0.2) is 24.3 Å². The molecule has 0 aliphatic carbocycles. The van der Waals surface area contributed by atoms with Crippen molar-refractivity contribution >= 4 is 19.7 Å². The highest BCUT2D eigenvalue weighted by Gasteiger charge is 2.36. The lowest BCUT2D eigenvalue weighted by Crippen LogP contribution is -2.31. The molecule has 0 amide bonds.